The lowest BCUT2D eigenvalue weighted by Gasteiger charge is -2.42. The van der Waals surface area contributed by atoms with Crippen molar-refractivity contribution in [2.24, 2.45) is 0 Å². The Morgan fingerprint density at radius 2 is 2.17 bits per heavy atom. The van der Waals surface area contributed by atoms with Crippen molar-refractivity contribution in [2.75, 3.05) is 19.7 Å². The number of benzene rings is 1. The lowest BCUT2D eigenvalue weighted by Crippen LogP contribution is -2.56. The first-order chi connectivity index (χ1) is 11.7. The number of likely N-dealkylation sites (tertiary alicyclic amines) is 1. The fraction of sp³-hybridized carbons (Fsp3) is 0.526. The van der Waals surface area contributed by atoms with Crippen LogP contribution < -0.4 is 0 Å². The molecule has 0 radical (unpaired) electrons. The predicted octanol–water partition coefficient (Wildman–Crippen LogP) is 2.66. The number of amides is 1. The molecule has 3 aliphatic heterocycles. The first-order valence-electron chi connectivity index (χ1n) is 8.84. The summed E-state index contributed by atoms with van der Waals surface area (Å²) in [7, 11) is 0. The molecule has 0 bridgehead atoms. The van der Waals surface area contributed by atoms with Crippen molar-refractivity contribution >= 4 is 16.9 Å². The van der Waals surface area contributed by atoms with Gasteiger partial charge in [-0.15, -0.1) is 0 Å². The number of ether oxygens (including phenoxy) is 1. The van der Waals surface area contributed by atoms with Crippen molar-refractivity contribution in [1.82, 2.24) is 9.80 Å². The minimum absolute atomic E-state index is 0.151. The molecule has 5 heteroatoms. The predicted molar refractivity (Wildman–Crippen MR) is 89.4 cm³/mol. The van der Waals surface area contributed by atoms with E-state index in [-0.39, 0.29) is 17.7 Å². The van der Waals surface area contributed by atoms with Gasteiger partial charge in [-0.2, -0.15) is 0 Å². The molecule has 2 atom stereocenters. The summed E-state index contributed by atoms with van der Waals surface area (Å²) in [6.45, 7) is 5.42. The van der Waals surface area contributed by atoms with E-state index >= 15 is 0 Å². The number of hydrogen-bond acceptors (Lipinski definition) is 4. The van der Waals surface area contributed by atoms with E-state index in [1.54, 1.807) is 0 Å². The number of furan rings is 1. The minimum Gasteiger partial charge on any atom is -0.459 e. The molecule has 0 unspecified atom stereocenters. The van der Waals surface area contributed by atoms with Crippen LogP contribution in [0.2, 0.25) is 0 Å². The van der Waals surface area contributed by atoms with Crippen LogP contribution in [-0.2, 0) is 16.1 Å². The van der Waals surface area contributed by atoms with Crippen molar-refractivity contribution in [3.05, 3.63) is 35.6 Å². The van der Waals surface area contributed by atoms with Crippen LogP contribution in [-0.4, -0.2) is 47.2 Å². The van der Waals surface area contributed by atoms with Gasteiger partial charge in [-0.05, 0) is 25.0 Å². The molecular formula is C19H22N2O3. The first-order valence-corrected chi connectivity index (χ1v) is 8.84. The van der Waals surface area contributed by atoms with E-state index in [1.807, 2.05) is 23.1 Å². The number of carbonyl (C=O) groups excluding carboxylic acids is 1. The maximum atomic E-state index is 12.4. The number of rotatable bonds is 2. The highest BCUT2D eigenvalue weighted by molar-refractivity contribution is 5.82. The summed E-state index contributed by atoms with van der Waals surface area (Å²) in [6, 6.07) is 8.32. The van der Waals surface area contributed by atoms with Crippen molar-refractivity contribution in [3.63, 3.8) is 0 Å². The molecule has 5 nitrogen and oxygen atoms in total. The molecule has 2 aromatic rings. The minimum atomic E-state index is -0.380. The summed E-state index contributed by atoms with van der Waals surface area (Å²) in [5.41, 5.74) is 1.77. The molecule has 1 aromatic carbocycles. The number of hydrogen-bond donors (Lipinski definition) is 0. The summed E-state index contributed by atoms with van der Waals surface area (Å²) in [5.74, 6) is 1.25. The first kappa shape index (κ1) is 14.5. The molecule has 24 heavy (non-hydrogen) atoms. The molecule has 1 aromatic heterocycles. The van der Waals surface area contributed by atoms with Crippen molar-refractivity contribution in [1.29, 1.82) is 0 Å². The molecule has 3 fully saturated rings. The second-order valence-electron chi connectivity index (χ2n) is 7.18. The SMILES string of the molecule is Cc1c(CN2CC[C@@]34OCCCN3C(=O)C[C@@H]24)oc2ccccc12. The highest BCUT2D eigenvalue weighted by Gasteiger charge is 2.60. The summed E-state index contributed by atoms with van der Waals surface area (Å²) in [5, 5.41) is 1.18. The molecule has 0 aliphatic carbocycles. The maximum absolute atomic E-state index is 12.4. The molecule has 126 valence electrons. The summed E-state index contributed by atoms with van der Waals surface area (Å²) >= 11 is 0. The molecule has 3 saturated heterocycles. The van der Waals surface area contributed by atoms with E-state index in [1.165, 1.54) is 10.9 Å². The molecular weight excluding hydrogens is 304 g/mol. The smallest absolute Gasteiger partial charge is 0.226 e. The topological polar surface area (TPSA) is 45.9 Å². The van der Waals surface area contributed by atoms with Gasteiger partial charge in [-0.1, -0.05) is 18.2 Å². The molecule has 1 spiro atoms. The quantitative estimate of drug-likeness (QED) is 0.851. The van der Waals surface area contributed by atoms with Crippen molar-refractivity contribution in [2.45, 2.75) is 44.5 Å². The molecule has 0 N–H and O–H groups in total. The number of fused-ring (bicyclic) bond motifs is 1. The Morgan fingerprint density at radius 3 is 3.04 bits per heavy atom. The van der Waals surface area contributed by atoms with Crippen LogP contribution in [0.3, 0.4) is 0 Å². The molecule has 5 rings (SSSR count). The monoisotopic (exact) mass is 326 g/mol. The van der Waals surface area contributed by atoms with E-state index in [9.17, 15) is 4.79 Å². The second kappa shape index (κ2) is 5.07. The van der Waals surface area contributed by atoms with Crippen LogP contribution in [0.15, 0.2) is 28.7 Å². The van der Waals surface area contributed by atoms with Gasteiger partial charge in [0.1, 0.15) is 11.3 Å². The molecule has 3 aliphatic rings. The Balaban J connectivity index is 1.46. The third-order valence-electron chi connectivity index (χ3n) is 6.01. The molecule has 4 heterocycles. The largest absolute Gasteiger partial charge is 0.459 e. The van der Waals surface area contributed by atoms with E-state index < -0.39 is 0 Å². The van der Waals surface area contributed by atoms with Gasteiger partial charge in [0.2, 0.25) is 5.91 Å². The third kappa shape index (κ3) is 1.85. The number of para-hydroxylation sites is 1. The van der Waals surface area contributed by atoms with E-state index in [0.29, 0.717) is 6.42 Å². The lowest BCUT2D eigenvalue weighted by molar-refractivity contribution is -0.180. The molecule has 1 amide bonds. The van der Waals surface area contributed by atoms with E-state index in [2.05, 4.69) is 17.9 Å². The zero-order valence-corrected chi connectivity index (χ0v) is 14.0. The van der Waals surface area contributed by atoms with Crippen LogP contribution in [0.5, 0.6) is 0 Å². The van der Waals surface area contributed by atoms with Crippen LogP contribution in [0.25, 0.3) is 11.0 Å². The highest BCUT2D eigenvalue weighted by atomic mass is 16.5. The van der Waals surface area contributed by atoms with Gasteiger partial charge in [0.15, 0.2) is 5.72 Å². The zero-order valence-electron chi connectivity index (χ0n) is 14.0. The van der Waals surface area contributed by atoms with Gasteiger partial charge in [-0.3, -0.25) is 9.69 Å². The highest BCUT2D eigenvalue weighted by Crippen LogP contribution is 2.45. The fourth-order valence-electron chi connectivity index (χ4n) is 4.78. The van der Waals surface area contributed by atoms with Crippen molar-refractivity contribution < 1.29 is 13.9 Å². The Kier molecular flexibility index (Phi) is 3.06. The normalized spacial score (nSPS) is 30.1. The van der Waals surface area contributed by atoms with Gasteiger partial charge in [0, 0.05) is 31.3 Å². The Morgan fingerprint density at radius 1 is 1.29 bits per heavy atom. The molecule has 0 saturated carbocycles. The average Bonchev–Trinajstić information content (AvgIpc) is 3.19. The van der Waals surface area contributed by atoms with E-state index in [4.69, 9.17) is 9.15 Å². The Labute approximate surface area is 141 Å². The Hall–Kier alpha value is -1.85. The standard InChI is InChI=1S/C19H22N2O3/c1-13-14-5-2-3-6-15(14)24-16(13)12-20-9-7-19-17(20)11-18(22)21(19)8-4-10-23-19/h2-3,5-6,17H,4,7-12H2,1H3/t17-,19+/m1/s1. The van der Waals surface area contributed by atoms with Crippen LogP contribution in [0.1, 0.15) is 30.6 Å². The number of aryl methyl sites for hydroxylation is 1. The summed E-state index contributed by atoms with van der Waals surface area (Å²) in [6.07, 6.45) is 2.42. The average molecular weight is 326 g/mol. The fourth-order valence-corrected chi connectivity index (χ4v) is 4.78. The van der Waals surface area contributed by atoms with Gasteiger partial charge in [-0.25, -0.2) is 0 Å². The summed E-state index contributed by atoms with van der Waals surface area (Å²) < 4.78 is 12.3. The van der Waals surface area contributed by atoms with Crippen LogP contribution >= 0.6 is 0 Å². The van der Waals surface area contributed by atoms with Gasteiger partial charge < -0.3 is 14.1 Å². The number of nitrogens with zero attached hydrogens (tertiary/aromatic N) is 2. The van der Waals surface area contributed by atoms with E-state index in [0.717, 1.165) is 50.4 Å². The maximum Gasteiger partial charge on any atom is 0.226 e. The van der Waals surface area contributed by atoms with Crippen LogP contribution in [0, 0.1) is 6.92 Å². The zero-order chi connectivity index (χ0) is 16.3. The van der Waals surface area contributed by atoms with Crippen molar-refractivity contribution in [3.8, 4) is 0 Å². The summed E-state index contributed by atoms with van der Waals surface area (Å²) in [4.78, 5) is 16.8. The van der Waals surface area contributed by atoms with Gasteiger partial charge in [0.25, 0.3) is 0 Å². The van der Waals surface area contributed by atoms with Gasteiger partial charge in [0.05, 0.1) is 19.2 Å². The Bertz CT molecular complexity index is 814. The van der Waals surface area contributed by atoms with Gasteiger partial charge >= 0.3 is 0 Å². The second-order valence-corrected chi connectivity index (χ2v) is 7.18. The lowest BCUT2D eigenvalue weighted by atomic mass is 10.0. The third-order valence-corrected chi connectivity index (χ3v) is 6.01. The van der Waals surface area contributed by atoms with Crippen LogP contribution in [0.4, 0.5) is 0 Å². The number of carbonyl (C=O) groups is 1.